The third-order valence-corrected chi connectivity index (χ3v) is 4.37. The van der Waals surface area contributed by atoms with Gasteiger partial charge in [0.25, 0.3) is 0 Å². The molecule has 1 aromatic carbocycles. The van der Waals surface area contributed by atoms with E-state index in [2.05, 4.69) is 28.4 Å². The minimum Gasteiger partial charge on any atom is -0.496 e. The SMILES string of the molecule is COc1ccc(N2CCCC2)cc1C1CCCCN1. The minimum atomic E-state index is 0.464. The van der Waals surface area contributed by atoms with Gasteiger partial charge in [-0.2, -0.15) is 0 Å². The van der Waals surface area contributed by atoms with Crippen molar-refractivity contribution < 1.29 is 4.74 Å². The topological polar surface area (TPSA) is 24.5 Å². The molecule has 0 bridgehead atoms. The van der Waals surface area contributed by atoms with E-state index in [0.717, 1.165) is 12.3 Å². The first-order valence-electron chi connectivity index (χ1n) is 7.55. The maximum absolute atomic E-state index is 5.56. The van der Waals surface area contributed by atoms with E-state index in [4.69, 9.17) is 4.74 Å². The van der Waals surface area contributed by atoms with Crippen LogP contribution in [0.3, 0.4) is 0 Å². The molecule has 104 valence electrons. The van der Waals surface area contributed by atoms with Crippen molar-refractivity contribution in [2.24, 2.45) is 0 Å². The Balaban J connectivity index is 1.87. The van der Waals surface area contributed by atoms with E-state index >= 15 is 0 Å². The fraction of sp³-hybridized carbons (Fsp3) is 0.625. The predicted molar refractivity (Wildman–Crippen MR) is 79.0 cm³/mol. The zero-order valence-electron chi connectivity index (χ0n) is 11.8. The van der Waals surface area contributed by atoms with Crippen LogP contribution in [-0.2, 0) is 0 Å². The summed E-state index contributed by atoms with van der Waals surface area (Å²) in [4.78, 5) is 2.49. The van der Waals surface area contributed by atoms with Crippen LogP contribution in [0, 0.1) is 0 Å². The third-order valence-electron chi connectivity index (χ3n) is 4.37. The number of ether oxygens (including phenoxy) is 1. The number of anilines is 1. The fourth-order valence-electron chi connectivity index (χ4n) is 3.28. The number of benzene rings is 1. The molecule has 0 aromatic heterocycles. The van der Waals surface area contributed by atoms with Gasteiger partial charge in [-0.05, 0) is 50.4 Å². The molecule has 0 radical (unpaired) electrons. The predicted octanol–water partition coefficient (Wildman–Crippen LogP) is 3.11. The lowest BCUT2D eigenvalue weighted by molar-refractivity contribution is 0.373. The van der Waals surface area contributed by atoms with Crippen molar-refractivity contribution in [2.75, 3.05) is 31.6 Å². The van der Waals surface area contributed by atoms with Crippen LogP contribution >= 0.6 is 0 Å². The molecule has 0 saturated carbocycles. The fourth-order valence-corrected chi connectivity index (χ4v) is 3.28. The maximum Gasteiger partial charge on any atom is 0.123 e. The van der Waals surface area contributed by atoms with Gasteiger partial charge in [-0.15, -0.1) is 0 Å². The summed E-state index contributed by atoms with van der Waals surface area (Å²) in [6, 6.07) is 7.15. The van der Waals surface area contributed by atoms with Crippen molar-refractivity contribution in [1.82, 2.24) is 5.32 Å². The number of hydrogen-bond acceptors (Lipinski definition) is 3. The molecule has 0 spiro atoms. The number of rotatable bonds is 3. The summed E-state index contributed by atoms with van der Waals surface area (Å²) in [5.41, 5.74) is 2.70. The molecule has 1 unspecified atom stereocenters. The molecule has 2 fully saturated rings. The van der Waals surface area contributed by atoms with Gasteiger partial charge in [0.1, 0.15) is 5.75 Å². The molecule has 3 rings (SSSR count). The van der Waals surface area contributed by atoms with Gasteiger partial charge < -0.3 is 15.0 Å². The van der Waals surface area contributed by atoms with Crippen molar-refractivity contribution in [2.45, 2.75) is 38.1 Å². The Bertz CT molecular complexity index is 421. The zero-order chi connectivity index (χ0) is 13.1. The molecule has 1 aromatic rings. The number of nitrogens with one attached hydrogen (secondary N) is 1. The molecule has 2 aliphatic heterocycles. The Hall–Kier alpha value is -1.22. The lowest BCUT2D eigenvalue weighted by atomic mass is 9.96. The van der Waals surface area contributed by atoms with Crippen LogP contribution in [0.2, 0.25) is 0 Å². The van der Waals surface area contributed by atoms with Crippen molar-refractivity contribution in [1.29, 1.82) is 0 Å². The maximum atomic E-state index is 5.56. The molecule has 0 amide bonds. The van der Waals surface area contributed by atoms with Gasteiger partial charge in [0, 0.05) is 30.4 Å². The first-order valence-corrected chi connectivity index (χ1v) is 7.55. The van der Waals surface area contributed by atoms with Crippen LogP contribution in [0.25, 0.3) is 0 Å². The number of piperidine rings is 1. The lowest BCUT2D eigenvalue weighted by Crippen LogP contribution is -2.27. The monoisotopic (exact) mass is 260 g/mol. The molecular weight excluding hydrogens is 236 g/mol. The zero-order valence-corrected chi connectivity index (χ0v) is 11.8. The van der Waals surface area contributed by atoms with Crippen molar-refractivity contribution >= 4 is 5.69 Å². The number of methoxy groups -OCH3 is 1. The standard InChI is InChI=1S/C16H24N2O/c1-19-16-8-7-13(18-10-4-5-11-18)12-14(16)15-6-2-3-9-17-15/h7-8,12,15,17H,2-6,9-11H2,1H3. The van der Waals surface area contributed by atoms with E-state index in [1.165, 1.54) is 56.4 Å². The summed E-state index contributed by atoms with van der Waals surface area (Å²) < 4.78 is 5.56. The molecule has 2 aliphatic rings. The second-order valence-corrected chi connectivity index (χ2v) is 5.62. The van der Waals surface area contributed by atoms with Crippen LogP contribution in [0.1, 0.15) is 43.7 Å². The van der Waals surface area contributed by atoms with E-state index in [1.54, 1.807) is 7.11 Å². The molecular formula is C16H24N2O. The van der Waals surface area contributed by atoms with E-state index in [0.29, 0.717) is 6.04 Å². The highest BCUT2D eigenvalue weighted by atomic mass is 16.5. The molecule has 1 atom stereocenters. The Morgan fingerprint density at radius 3 is 2.68 bits per heavy atom. The summed E-state index contributed by atoms with van der Waals surface area (Å²) in [5, 5.41) is 3.63. The molecule has 2 saturated heterocycles. The molecule has 3 nitrogen and oxygen atoms in total. The highest BCUT2D eigenvalue weighted by Crippen LogP contribution is 2.34. The van der Waals surface area contributed by atoms with Gasteiger partial charge >= 0.3 is 0 Å². The van der Waals surface area contributed by atoms with E-state index in [1.807, 2.05) is 0 Å². The largest absolute Gasteiger partial charge is 0.496 e. The molecule has 0 aliphatic carbocycles. The van der Waals surface area contributed by atoms with Crippen molar-refractivity contribution in [3.8, 4) is 5.75 Å². The van der Waals surface area contributed by atoms with E-state index in [-0.39, 0.29) is 0 Å². The van der Waals surface area contributed by atoms with Crippen LogP contribution in [0.15, 0.2) is 18.2 Å². The molecule has 2 heterocycles. The quantitative estimate of drug-likeness (QED) is 0.903. The van der Waals surface area contributed by atoms with Gasteiger partial charge in [0.05, 0.1) is 7.11 Å². The average molecular weight is 260 g/mol. The molecule has 19 heavy (non-hydrogen) atoms. The smallest absolute Gasteiger partial charge is 0.123 e. The van der Waals surface area contributed by atoms with E-state index < -0.39 is 0 Å². The lowest BCUT2D eigenvalue weighted by Gasteiger charge is -2.27. The Morgan fingerprint density at radius 1 is 1.16 bits per heavy atom. The summed E-state index contributed by atoms with van der Waals surface area (Å²) in [7, 11) is 1.77. The summed E-state index contributed by atoms with van der Waals surface area (Å²) in [6.07, 6.45) is 6.48. The van der Waals surface area contributed by atoms with Gasteiger partial charge in [-0.25, -0.2) is 0 Å². The van der Waals surface area contributed by atoms with Crippen molar-refractivity contribution in [3.63, 3.8) is 0 Å². The van der Waals surface area contributed by atoms with Crippen molar-refractivity contribution in [3.05, 3.63) is 23.8 Å². The Morgan fingerprint density at radius 2 is 2.00 bits per heavy atom. The van der Waals surface area contributed by atoms with Crippen LogP contribution in [0.4, 0.5) is 5.69 Å². The van der Waals surface area contributed by atoms with Gasteiger partial charge in [0.2, 0.25) is 0 Å². The van der Waals surface area contributed by atoms with Crippen LogP contribution in [0.5, 0.6) is 5.75 Å². The second-order valence-electron chi connectivity index (χ2n) is 5.62. The summed E-state index contributed by atoms with van der Waals surface area (Å²) >= 11 is 0. The Kier molecular flexibility index (Phi) is 3.92. The number of hydrogen-bond donors (Lipinski definition) is 1. The second kappa shape index (κ2) is 5.83. The first kappa shape index (κ1) is 12.8. The molecule has 3 heteroatoms. The highest BCUT2D eigenvalue weighted by molar-refractivity contribution is 5.54. The highest BCUT2D eigenvalue weighted by Gasteiger charge is 2.21. The van der Waals surface area contributed by atoms with E-state index in [9.17, 15) is 0 Å². The first-order chi connectivity index (χ1) is 9.38. The summed E-state index contributed by atoms with van der Waals surface area (Å²) in [6.45, 7) is 3.52. The normalized spacial score (nSPS) is 23.6. The third kappa shape index (κ3) is 2.71. The minimum absolute atomic E-state index is 0.464. The molecule has 1 N–H and O–H groups in total. The summed E-state index contributed by atoms with van der Waals surface area (Å²) in [5.74, 6) is 1.03. The Labute approximate surface area is 115 Å². The average Bonchev–Trinajstić information content (AvgIpc) is 3.02. The van der Waals surface area contributed by atoms with Gasteiger partial charge in [-0.3, -0.25) is 0 Å². The van der Waals surface area contributed by atoms with Crippen LogP contribution in [-0.4, -0.2) is 26.7 Å². The van der Waals surface area contributed by atoms with Crippen LogP contribution < -0.4 is 15.0 Å². The number of nitrogens with zero attached hydrogens (tertiary/aromatic N) is 1. The van der Waals surface area contributed by atoms with Gasteiger partial charge in [-0.1, -0.05) is 6.42 Å². The van der Waals surface area contributed by atoms with Gasteiger partial charge in [0.15, 0.2) is 0 Å².